The summed E-state index contributed by atoms with van der Waals surface area (Å²) in [5.41, 5.74) is 6.00. The Labute approximate surface area is 87.9 Å². The Morgan fingerprint density at radius 1 is 1.23 bits per heavy atom. The van der Waals surface area contributed by atoms with Crippen LogP contribution in [0.1, 0.15) is 53.4 Å². The van der Waals surface area contributed by atoms with E-state index in [0.29, 0.717) is 10.8 Å². The molecule has 0 radical (unpaired) electrons. The third-order valence-corrected chi connectivity index (χ3v) is 3.37. The van der Waals surface area contributed by atoms with E-state index in [1.165, 1.54) is 25.7 Å². The van der Waals surface area contributed by atoms with Crippen molar-refractivity contribution in [1.29, 1.82) is 0 Å². The van der Waals surface area contributed by atoms with E-state index < -0.39 is 0 Å². The number of rotatable bonds is 6. The van der Waals surface area contributed by atoms with Crippen LogP contribution in [0.2, 0.25) is 0 Å². The third-order valence-electron chi connectivity index (χ3n) is 1.91. The van der Waals surface area contributed by atoms with E-state index in [1.807, 2.05) is 11.8 Å². The van der Waals surface area contributed by atoms with Gasteiger partial charge in [-0.15, -0.1) is 0 Å². The van der Waals surface area contributed by atoms with Crippen molar-refractivity contribution in [2.45, 2.75) is 64.2 Å². The quantitative estimate of drug-likeness (QED) is 0.669. The molecule has 0 bridgehead atoms. The lowest BCUT2D eigenvalue weighted by Crippen LogP contribution is -2.25. The molecule has 0 saturated carbocycles. The summed E-state index contributed by atoms with van der Waals surface area (Å²) in [5, 5.41) is 0. The molecule has 13 heavy (non-hydrogen) atoms. The van der Waals surface area contributed by atoms with Crippen LogP contribution in [-0.4, -0.2) is 16.5 Å². The third kappa shape index (κ3) is 10.2. The molecule has 1 nitrogen and oxygen atoms in total. The molecule has 2 N–H and O–H groups in total. The molecule has 0 spiro atoms. The average Bonchev–Trinajstić information content (AvgIpc) is 2.00. The molecule has 0 aromatic rings. The molecule has 1 atom stereocenters. The highest BCUT2D eigenvalue weighted by atomic mass is 32.2. The van der Waals surface area contributed by atoms with E-state index in [4.69, 9.17) is 5.73 Å². The van der Waals surface area contributed by atoms with Crippen LogP contribution < -0.4 is 5.73 Å². The minimum Gasteiger partial charge on any atom is -0.327 e. The van der Waals surface area contributed by atoms with Crippen molar-refractivity contribution < 1.29 is 0 Å². The van der Waals surface area contributed by atoms with Gasteiger partial charge in [-0.2, -0.15) is 11.8 Å². The molecule has 0 saturated heterocycles. The van der Waals surface area contributed by atoms with Crippen molar-refractivity contribution in [3.05, 3.63) is 0 Å². The SMILES string of the molecule is CCCCCC(N)CSC(C)(C)C. The van der Waals surface area contributed by atoms with Gasteiger partial charge in [0.25, 0.3) is 0 Å². The molecule has 0 heterocycles. The van der Waals surface area contributed by atoms with Crippen LogP contribution in [0.3, 0.4) is 0 Å². The van der Waals surface area contributed by atoms with Crippen LogP contribution in [-0.2, 0) is 0 Å². The van der Waals surface area contributed by atoms with E-state index in [2.05, 4.69) is 27.7 Å². The Morgan fingerprint density at radius 3 is 2.31 bits per heavy atom. The maximum absolute atomic E-state index is 6.00. The predicted octanol–water partition coefficient (Wildman–Crippen LogP) is 3.43. The zero-order chi connectivity index (χ0) is 10.3. The van der Waals surface area contributed by atoms with Crippen molar-refractivity contribution in [3.63, 3.8) is 0 Å². The highest BCUT2D eigenvalue weighted by Crippen LogP contribution is 2.24. The minimum absolute atomic E-state index is 0.363. The molecule has 0 rings (SSSR count). The van der Waals surface area contributed by atoms with Crippen molar-refractivity contribution in [2.75, 3.05) is 5.75 Å². The van der Waals surface area contributed by atoms with Crippen LogP contribution in [0, 0.1) is 0 Å². The monoisotopic (exact) mass is 203 g/mol. The van der Waals surface area contributed by atoms with Crippen LogP contribution in [0.5, 0.6) is 0 Å². The van der Waals surface area contributed by atoms with Gasteiger partial charge in [0.2, 0.25) is 0 Å². The predicted molar refractivity (Wildman–Crippen MR) is 64.3 cm³/mol. The number of thioether (sulfide) groups is 1. The van der Waals surface area contributed by atoms with Gasteiger partial charge in [0.15, 0.2) is 0 Å². The largest absolute Gasteiger partial charge is 0.327 e. The average molecular weight is 203 g/mol. The number of hydrogen-bond donors (Lipinski definition) is 1. The topological polar surface area (TPSA) is 26.0 Å². The van der Waals surface area contributed by atoms with E-state index in [1.54, 1.807) is 0 Å². The van der Waals surface area contributed by atoms with Gasteiger partial charge in [-0.1, -0.05) is 47.0 Å². The molecule has 80 valence electrons. The molecule has 0 aliphatic rings. The molecule has 1 unspecified atom stereocenters. The Kier molecular flexibility index (Phi) is 6.88. The minimum atomic E-state index is 0.363. The second-order valence-electron chi connectivity index (χ2n) is 4.68. The summed E-state index contributed by atoms with van der Waals surface area (Å²) >= 11 is 1.97. The van der Waals surface area contributed by atoms with E-state index >= 15 is 0 Å². The number of nitrogens with two attached hydrogens (primary N) is 1. The van der Waals surface area contributed by atoms with Gasteiger partial charge < -0.3 is 5.73 Å². The Morgan fingerprint density at radius 2 is 1.85 bits per heavy atom. The smallest absolute Gasteiger partial charge is 0.0130 e. The van der Waals surface area contributed by atoms with Crippen molar-refractivity contribution in [2.24, 2.45) is 5.73 Å². The lowest BCUT2D eigenvalue weighted by molar-refractivity contribution is 0.595. The second-order valence-corrected chi connectivity index (χ2v) is 6.53. The van der Waals surface area contributed by atoms with Crippen LogP contribution in [0.15, 0.2) is 0 Å². The molecular weight excluding hydrogens is 178 g/mol. The Hall–Kier alpha value is 0.310. The van der Waals surface area contributed by atoms with E-state index in [9.17, 15) is 0 Å². The van der Waals surface area contributed by atoms with Gasteiger partial charge in [-0.3, -0.25) is 0 Å². The van der Waals surface area contributed by atoms with Gasteiger partial charge in [0, 0.05) is 16.5 Å². The summed E-state index contributed by atoms with van der Waals surface area (Å²) in [6, 6.07) is 0.399. The van der Waals surface area contributed by atoms with Crippen molar-refractivity contribution >= 4 is 11.8 Å². The van der Waals surface area contributed by atoms with Crippen molar-refractivity contribution in [3.8, 4) is 0 Å². The summed E-state index contributed by atoms with van der Waals surface area (Å²) in [6.45, 7) is 8.97. The first kappa shape index (κ1) is 13.3. The first-order valence-electron chi connectivity index (χ1n) is 5.35. The summed E-state index contributed by atoms with van der Waals surface area (Å²) in [4.78, 5) is 0. The maximum atomic E-state index is 6.00. The Balaban J connectivity index is 3.35. The fraction of sp³-hybridized carbons (Fsp3) is 1.00. The van der Waals surface area contributed by atoms with Gasteiger partial charge in [0.1, 0.15) is 0 Å². The molecule has 0 fully saturated rings. The lowest BCUT2D eigenvalue weighted by Gasteiger charge is -2.20. The van der Waals surface area contributed by atoms with E-state index in [-0.39, 0.29) is 0 Å². The molecule has 0 aromatic carbocycles. The summed E-state index contributed by atoms with van der Waals surface area (Å²) in [6.07, 6.45) is 5.10. The second kappa shape index (κ2) is 6.72. The summed E-state index contributed by atoms with van der Waals surface area (Å²) < 4.78 is 0.363. The van der Waals surface area contributed by atoms with E-state index in [0.717, 1.165) is 5.75 Å². The molecule has 0 aliphatic heterocycles. The fourth-order valence-electron chi connectivity index (χ4n) is 1.10. The molecule has 0 aromatic heterocycles. The van der Waals surface area contributed by atoms with Crippen molar-refractivity contribution in [1.82, 2.24) is 0 Å². The maximum Gasteiger partial charge on any atom is 0.0130 e. The fourth-order valence-corrected chi connectivity index (χ4v) is 1.98. The standard InChI is InChI=1S/C11H25NS/c1-5-6-7-8-10(12)9-13-11(2,3)4/h10H,5-9,12H2,1-4H3. The normalized spacial score (nSPS) is 14.5. The van der Waals surface area contributed by atoms with Crippen LogP contribution in [0.25, 0.3) is 0 Å². The number of hydrogen-bond acceptors (Lipinski definition) is 2. The Bertz CT molecular complexity index is 118. The lowest BCUT2D eigenvalue weighted by atomic mass is 10.1. The summed E-state index contributed by atoms with van der Waals surface area (Å²) in [5.74, 6) is 1.10. The first-order valence-corrected chi connectivity index (χ1v) is 6.34. The summed E-state index contributed by atoms with van der Waals surface area (Å²) in [7, 11) is 0. The van der Waals surface area contributed by atoms with Crippen LogP contribution in [0.4, 0.5) is 0 Å². The van der Waals surface area contributed by atoms with Gasteiger partial charge in [-0.25, -0.2) is 0 Å². The van der Waals surface area contributed by atoms with Gasteiger partial charge in [-0.05, 0) is 6.42 Å². The van der Waals surface area contributed by atoms with Crippen LogP contribution >= 0.6 is 11.8 Å². The van der Waals surface area contributed by atoms with Gasteiger partial charge >= 0.3 is 0 Å². The number of unbranched alkanes of at least 4 members (excludes halogenated alkanes) is 2. The molecule has 0 aliphatic carbocycles. The zero-order valence-electron chi connectivity index (χ0n) is 9.60. The zero-order valence-corrected chi connectivity index (χ0v) is 10.4. The highest BCUT2D eigenvalue weighted by molar-refractivity contribution is 8.00. The molecular formula is C11H25NS. The van der Waals surface area contributed by atoms with Gasteiger partial charge in [0.05, 0.1) is 0 Å². The highest BCUT2D eigenvalue weighted by Gasteiger charge is 2.12. The molecule has 2 heteroatoms. The molecule has 0 amide bonds. The first-order chi connectivity index (χ1) is 5.95.